The molecule has 0 aliphatic carbocycles. The van der Waals surface area contributed by atoms with Crippen LogP contribution < -0.4 is 10.9 Å². The number of hydrogen-bond donors (Lipinski definition) is 2. The van der Waals surface area contributed by atoms with Crippen molar-refractivity contribution < 1.29 is 4.79 Å². The van der Waals surface area contributed by atoms with Gasteiger partial charge in [-0.25, -0.2) is 4.98 Å². The number of carbonyl (C=O) groups excluding carboxylic acids is 1. The Hall–Kier alpha value is -2.12. The summed E-state index contributed by atoms with van der Waals surface area (Å²) in [6.07, 6.45) is 0.650. The minimum Gasteiger partial charge on any atom is -0.351 e. The molecule has 0 radical (unpaired) electrons. The number of thioether (sulfide) groups is 1. The van der Waals surface area contributed by atoms with Crippen molar-refractivity contribution in [1.82, 2.24) is 15.3 Å². The zero-order chi connectivity index (χ0) is 16.9. The Kier molecular flexibility index (Phi) is 5.32. The van der Waals surface area contributed by atoms with Crippen LogP contribution in [0.2, 0.25) is 0 Å². The maximum absolute atomic E-state index is 12.4. The molecule has 1 atom stereocenters. The number of rotatable bonds is 6. The predicted octanol–water partition coefficient (Wildman–Crippen LogP) is 3.17. The number of aromatic amines is 1. The molecule has 3 rings (SSSR count). The highest BCUT2D eigenvalue weighted by Crippen LogP contribution is 2.24. The summed E-state index contributed by atoms with van der Waals surface area (Å²) in [5, 5.41) is 5.55. The lowest BCUT2D eigenvalue weighted by Crippen LogP contribution is -2.32. The summed E-state index contributed by atoms with van der Waals surface area (Å²) in [5.41, 5.74) is 0.889. The fraction of sp³-hybridized carbons (Fsp3) is 0.235. The molecule has 5 nitrogen and oxygen atoms in total. The third-order valence-corrected chi connectivity index (χ3v) is 5.59. The number of nitrogens with zero attached hydrogens (tertiary/aromatic N) is 1. The molecule has 1 aromatic carbocycles. The smallest absolute Gasteiger partial charge is 0.260 e. The second-order valence-electron chi connectivity index (χ2n) is 5.23. The summed E-state index contributed by atoms with van der Waals surface area (Å²) < 4.78 is 0. The number of amides is 1. The number of fused-ring (bicyclic) bond motifs is 1. The molecule has 2 heterocycles. The van der Waals surface area contributed by atoms with Crippen LogP contribution in [-0.4, -0.2) is 21.1 Å². The lowest BCUT2D eigenvalue weighted by molar-refractivity contribution is -0.120. The Morgan fingerprint density at radius 3 is 2.88 bits per heavy atom. The minimum atomic E-state index is -0.297. The first-order valence-corrected chi connectivity index (χ1v) is 9.39. The van der Waals surface area contributed by atoms with Gasteiger partial charge in [0.15, 0.2) is 5.16 Å². The molecule has 0 saturated carbocycles. The van der Waals surface area contributed by atoms with Crippen LogP contribution in [-0.2, 0) is 11.3 Å². The van der Waals surface area contributed by atoms with E-state index in [1.54, 1.807) is 6.07 Å². The van der Waals surface area contributed by atoms with Crippen LogP contribution in [0.3, 0.4) is 0 Å². The Morgan fingerprint density at radius 2 is 2.12 bits per heavy atom. The molecule has 3 aromatic rings. The highest BCUT2D eigenvalue weighted by atomic mass is 32.2. The van der Waals surface area contributed by atoms with Crippen LogP contribution in [0.15, 0.2) is 51.7 Å². The minimum absolute atomic E-state index is 0.0553. The fourth-order valence-corrected chi connectivity index (χ4v) is 4.00. The molecule has 24 heavy (non-hydrogen) atoms. The van der Waals surface area contributed by atoms with Gasteiger partial charge in [0.1, 0.15) is 4.83 Å². The summed E-state index contributed by atoms with van der Waals surface area (Å²) in [4.78, 5) is 32.3. The number of thiophene rings is 1. The quantitative estimate of drug-likeness (QED) is 0.524. The molecular weight excluding hydrogens is 342 g/mol. The van der Waals surface area contributed by atoms with Crippen molar-refractivity contribution in [2.75, 3.05) is 0 Å². The lowest BCUT2D eigenvalue weighted by Gasteiger charge is -2.14. The first kappa shape index (κ1) is 16.7. The van der Waals surface area contributed by atoms with Gasteiger partial charge in [-0.3, -0.25) is 9.59 Å². The number of carbonyl (C=O) groups is 1. The molecule has 0 spiro atoms. The van der Waals surface area contributed by atoms with Gasteiger partial charge in [0.05, 0.1) is 10.6 Å². The predicted molar refractivity (Wildman–Crippen MR) is 98.5 cm³/mol. The Morgan fingerprint density at radius 1 is 1.33 bits per heavy atom. The van der Waals surface area contributed by atoms with E-state index in [0.717, 1.165) is 5.56 Å². The van der Waals surface area contributed by atoms with Gasteiger partial charge in [-0.1, -0.05) is 49.0 Å². The van der Waals surface area contributed by atoms with Gasteiger partial charge in [0.25, 0.3) is 5.56 Å². The molecule has 124 valence electrons. The number of hydrogen-bond acceptors (Lipinski definition) is 5. The molecular formula is C17H17N3O2S2. The van der Waals surface area contributed by atoms with Crippen LogP contribution >= 0.6 is 23.1 Å². The first-order valence-electron chi connectivity index (χ1n) is 7.63. The van der Waals surface area contributed by atoms with E-state index in [1.807, 2.05) is 42.6 Å². The van der Waals surface area contributed by atoms with E-state index in [2.05, 4.69) is 15.3 Å². The van der Waals surface area contributed by atoms with E-state index in [4.69, 9.17) is 0 Å². The van der Waals surface area contributed by atoms with Crippen LogP contribution in [0.1, 0.15) is 18.9 Å². The average molecular weight is 359 g/mol. The molecule has 7 heteroatoms. The van der Waals surface area contributed by atoms with E-state index < -0.39 is 0 Å². The van der Waals surface area contributed by atoms with Gasteiger partial charge < -0.3 is 10.3 Å². The summed E-state index contributed by atoms with van der Waals surface area (Å²) in [6, 6.07) is 11.5. The zero-order valence-corrected chi connectivity index (χ0v) is 14.7. The molecule has 1 amide bonds. The largest absolute Gasteiger partial charge is 0.351 e. The van der Waals surface area contributed by atoms with Crippen molar-refractivity contribution in [2.45, 2.75) is 30.3 Å². The second-order valence-corrected chi connectivity index (χ2v) is 7.31. The van der Waals surface area contributed by atoms with Crippen molar-refractivity contribution >= 4 is 39.2 Å². The van der Waals surface area contributed by atoms with Crippen LogP contribution in [0.25, 0.3) is 10.2 Å². The molecule has 2 N–H and O–H groups in total. The fourth-order valence-electron chi connectivity index (χ4n) is 2.26. The van der Waals surface area contributed by atoms with Crippen LogP contribution in [0, 0.1) is 0 Å². The molecule has 0 fully saturated rings. The normalized spacial score (nSPS) is 12.2. The number of nitrogens with one attached hydrogen (secondary N) is 2. The van der Waals surface area contributed by atoms with Crippen molar-refractivity contribution in [3.63, 3.8) is 0 Å². The highest BCUT2D eigenvalue weighted by Gasteiger charge is 2.19. The van der Waals surface area contributed by atoms with E-state index in [9.17, 15) is 9.59 Å². The van der Waals surface area contributed by atoms with E-state index in [1.165, 1.54) is 23.1 Å². The SMILES string of the molecule is CCC(Sc1nc2sccc2c(=O)[nH]1)C(=O)NCc1ccccc1. The lowest BCUT2D eigenvalue weighted by atomic mass is 10.2. The van der Waals surface area contributed by atoms with E-state index in [-0.39, 0.29) is 16.7 Å². The number of benzene rings is 1. The standard InChI is InChI=1S/C17H17N3O2S2/c1-2-13(15(22)18-10-11-6-4-3-5-7-11)24-17-19-14(21)12-8-9-23-16(12)20-17/h3-9,13H,2,10H2,1H3,(H,18,22)(H,19,20,21). The van der Waals surface area contributed by atoms with Crippen molar-refractivity contribution in [2.24, 2.45) is 0 Å². The second kappa shape index (κ2) is 7.63. The van der Waals surface area contributed by atoms with Crippen molar-refractivity contribution in [3.8, 4) is 0 Å². The summed E-state index contributed by atoms with van der Waals surface area (Å²) in [5.74, 6) is -0.0553. The van der Waals surface area contributed by atoms with Crippen LogP contribution in [0.5, 0.6) is 0 Å². The summed E-state index contributed by atoms with van der Waals surface area (Å²) in [6.45, 7) is 2.44. The zero-order valence-electron chi connectivity index (χ0n) is 13.1. The highest BCUT2D eigenvalue weighted by molar-refractivity contribution is 8.00. The van der Waals surface area contributed by atoms with Crippen LogP contribution in [0.4, 0.5) is 0 Å². The van der Waals surface area contributed by atoms with Gasteiger partial charge in [0.2, 0.25) is 5.91 Å². The van der Waals surface area contributed by atoms with Gasteiger partial charge in [-0.15, -0.1) is 11.3 Å². The third kappa shape index (κ3) is 3.85. The Balaban J connectivity index is 1.68. The first-order chi connectivity index (χ1) is 11.7. The number of aromatic nitrogens is 2. The molecule has 0 aliphatic rings. The monoisotopic (exact) mass is 359 g/mol. The summed E-state index contributed by atoms with van der Waals surface area (Å²) >= 11 is 2.71. The van der Waals surface area contributed by atoms with E-state index in [0.29, 0.717) is 28.3 Å². The van der Waals surface area contributed by atoms with Gasteiger partial charge in [0, 0.05) is 6.54 Å². The third-order valence-electron chi connectivity index (χ3n) is 3.54. The van der Waals surface area contributed by atoms with Gasteiger partial charge >= 0.3 is 0 Å². The summed E-state index contributed by atoms with van der Waals surface area (Å²) in [7, 11) is 0. The van der Waals surface area contributed by atoms with E-state index >= 15 is 0 Å². The molecule has 2 aromatic heterocycles. The van der Waals surface area contributed by atoms with Gasteiger partial charge in [-0.2, -0.15) is 0 Å². The maximum atomic E-state index is 12.4. The van der Waals surface area contributed by atoms with Crippen molar-refractivity contribution in [3.05, 3.63) is 57.7 Å². The molecule has 0 aliphatic heterocycles. The van der Waals surface area contributed by atoms with Gasteiger partial charge in [-0.05, 0) is 23.4 Å². The Bertz CT molecular complexity index is 889. The number of H-pyrrole nitrogens is 1. The molecule has 1 unspecified atom stereocenters. The molecule has 0 saturated heterocycles. The van der Waals surface area contributed by atoms with Crippen molar-refractivity contribution in [1.29, 1.82) is 0 Å². The molecule has 0 bridgehead atoms. The Labute approximate surface area is 147 Å². The average Bonchev–Trinajstić information content (AvgIpc) is 3.07. The topological polar surface area (TPSA) is 74.8 Å². The maximum Gasteiger partial charge on any atom is 0.260 e.